The number of halogens is 1. The van der Waals surface area contributed by atoms with Crippen molar-refractivity contribution in [3.8, 4) is 5.75 Å². The number of alkyl halides is 1. The van der Waals surface area contributed by atoms with Gasteiger partial charge in [0.05, 0.1) is 7.11 Å². The van der Waals surface area contributed by atoms with E-state index < -0.39 is 0 Å². The van der Waals surface area contributed by atoms with Crippen molar-refractivity contribution in [2.24, 2.45) is 0 Å². The minimum absolute atomic E-state index is 0.633. The van der Waals surface area contributed by atoms with Crippen LogP contribution in [0.4, 0.5) is 5.69 Å². The van der Waals surface area contributed by atoms with Crippen molar-refractivity contribution in [1.82, 2.24) is 0 Å². The predicted octanol–water partition coefficient (Wildman–Crippen LogP) is 2.92. The second-order valence-electron chi connectivity index (χ2n) is 2.88. The Labute approximate surface area is 89.3 Å². The number of allylic oxidation sites excluding steroid dienone is 1. The van der Waals surface area contributed by atoms with Gasteiger partial charge in [0.15, 0.2) is 0 Å². The maximum atomic E-state index is 5.63. The van der Waals surface area contributed by atoms with E-state index in [2.05, 4.69) is 0 Å². The van der Waals surface area contributed by atoms with E-state index in [1.54, 1.807) is 13.2 Å². The van der Waals surface area contributed by atoms with Gasteiger partial charge in [-0.1, -0.05) is 12.2 Å². The molecule has 0 aliphatic rings. The first kappa shape index (κ1) is 10.9. The molecular weight excluding hydrogens is 198 g/mol. The number of benzene rings is 1. The first-order valence-corrected chi connectivity index (χ1v) is 4.97. The maximum Gasteiger partial charge on any atom is 0.128 e. The van der Waals surface area contributed by atoms with Crippen molar-refractivity contribution in [1.29, 1.82) is 0 Å². The van der Waals surface area contributed by atoms with E-state index in [1.165, 1.54) is 0 Å². The molecule has 0 amide bonds. The fourth-order valence-corrected chi connectivity index (χ4v) is 1.26. The lowest BCUT2D eigenvalue weighted by atomic mass is 10.1. The van der Waals surface area contributed by atoms with Gasteiger partial charge in [-0.15, -0.1) is 11.6 Å². The van der Waals surface area contributed by atoms with Crippen LogP contribution in [-0.4, -0.2) is 13.0 Å². The normalized spacial score (nSPS) is 10.7. The smallest absolute Gasteiger partial charge is 0.128 e. The zero-order valence-electron chi connectivity index (χ0n) is 8.16. The summed E-state index contributed by atoms with van der Waals surface area (Å²) in [6, 6.07) is 5.59. The molecule has 0 aromatic heterocycles. The van der Waals surface area contributed by atoms with E-state index in [-0.39, 0.29) is 0 Å². The van der Waals surface area contributed by atoms with Crippen LogP contribution >= 0.6 is 11.6 Å². The average molecular weight is 212 g/mol. The zero-order chi connectivity index (χ0) is 10.4. The van der Waals surface area contributed by atoms with Gasteiger partial charge in [-0.25, -0.2) is 0 Å². The molecule has 0 fully saturated rings. The Hall–Kier alpha value is -1.15. The van der Waals surface area contributed by atoms with Gasteiger partial charge in [0.1, 0.15) is 5.75 Å². The zero-order valence-corrected chi connectivity index (χ0v) is 8.92. The van der Waals surface area contributed by atoms with E-state index in [0.29, 0.717) is 11.6 Å². The first-order chi connectivity index (χ1) is 6.77. The molecule has 3 heteroatoms. The number of nitrogen functional groups attached to an aromatic ring is 1. The van der Waals surface area contributed by atoms with E-state index in [0.717, 1.165) is 17.7 Å². The Morgan fingerprint density at radius 2 is 2.29 bits per heavy atom. The lowest BCUT2D eigenvalue weighted by Gasteiger charge is -2.05. The van der Waals surface area contributed by atoms with E-state index in [9.17, 15) is 0 Å². The highest BCUT2D eigenvalue weighted by Crippen LogP contribution is 2.22. The Morgan fingerprint density at radius 3 is 2.93 bits per heavy atom. The molecule has 0 aliphatic heterocycles. The van der Waals surface area contributed by atoms with Crippen LogP contribution in [-0.2, 0) is 0 Å². The molecule has 0 bridgehead atoms. The van der Waals surface area contributed by atoms with Crippen LogP contribution < -0.4 is 10.5 Å². The van der Waals surface area contributed by atoms with Crippen LogP contribution in [0.15, 0.2) is 24.3 Å². The number of rotatable bonds is 4. The third-order valence-corrected chi connectivity index (χ3v) is 2.05. The summed E-state index contributed by atoms with van der Waals surface area (Å²) >= 11 is 5.56. The van der Waals surface area contributed by atoms with Gasteiger partial charge < -0.3 is 10.5 Å². The van der Waals surface area contributed by atoms with E-state index in [4.69, 9.17) is 22.1 Å². The summed E-state index contributed by atoms with van der Waals surface area (Å²) in [5.74, 6) is 1.42. The number of nitrogens with two attached hydrogens (primary N) is 1. The molecule has 0 spiro atoms. The quantitative estimate of drug-likeness (QED) is 0.614. The number of ether oxygens (including phenoxy) is 1. The summed E-state index contributed by atoms with van der Waals surface area (Å²) in [7, 11) is 1.63. The Kier molecular flexibility index (Phi) is 4.33. The molecule has 1 aromatic rings. The molecule has 0 saturated heterocycles. The monoisotopic (exact) mass is 211 g/mol. The Balaban J connectivity index is 2.85. The predicted molar refractivity (Wildman–Crippen MR) is 61.8 cm³/mol. The summed E-state index contributed by atoms with van der Waals surface area (Å²) in [4.78, 5) is 0. The fraction of sp³-hybridized carbons (Fsp3) is 0.273. The molecule has 2 N–H and O–H groups in total. The molecule has 0 heterocycles. The molecule has 2 nitrogen and oxygen atoms in total. The fourth-order valence-electron chi connectivity index (χ4n) is 1.14. The third-order valence-electron chi connectivity index (χ3n) is 1.83. The van der Waals surface area contributed by atoms with Crippen LogP contribution in [0.5, 0.6) is 5.75 Å². The van der Waals surface area contributed by atoms with Crippen molar-refractivity contribution >= 4 is 23.4 Å². The summed E-state index contributed by atoms with van der Waals surface area (Å²) in [5, 5.41) is 0. The molecule has 14 heavy (non-hydrogen) atoms. The minimum atomic E-state index is 0.633. The summed E-state index contributed by atoms with van der Waals surface area (Å²) < 4.78 is 5.19. The number of methoxy groups -OCH3 is 1. The first-order valence-electron chi connectivity index (χ1n) is 4.44. The molecule has 0 atom stereocenters. The molecule has 0 aliphatic carbocycles. The Bertz CT molecular complexity index is 323. The number of hydrogen-bond acceptors (Lipinski definition) is 2. The van der Waals surface area contributed by atoms with Gasteiger partial charge in [-0.05, 0) is 18.6 Å². The van der Waals surface area contributed by atoms with Gasteiger partial charge in [0.25, 0.3) is 0 Å². The summed E-state index contributed by atoms with van der Waals surface area (Å²) in [5.41, 5.74) is 7.36. The van der Waals surface area contributed by atoms with Crippen molar-refractivity contribution in [3.05, 3.63) is 29.8 Å². The molecule has 0 unspecified atom stereocenters. The minimum Gasteiger partial charge on any atom is -0.496 e. The molecule has 76 valence electrons. The molecular formula is C11H14ClNO. The SMILES string of the molecule is COc1cc(N)ccc1C=CCCCl. The largest absolute Gasteiger partial charge is 0.496 e. The second-order valence-corrected chi connectivity index (χ2v) is 3.26. The summed E-state index contributed by atoms with van der Waals surface area (Å²) in [6.07, 6.45) is 4.86. The Morgan fingerprint density at radius 1 is 1.50 bits per heavy atom. The number of hydrogen-bond donors (Lipinski definition) is 1. The maximum absolute atomic E-state index is 5.63. The lowest BCUT2D eigenvalue weighted by Crippen LogP contribution is -1.90. The molecule has 0 saturated carbocycles. The second kappa shape index (κ2) is 5.55. The van der Waals surface area contributed by atoms with E-state index >= 15 is 0 Å². The van der Waals surface area contributed by atoms with Crippen LogP contribution in [0.1, 0.15) is 12.0 Å². The number of anilines is 1. The van der Waals surface area contributed by atoms with Crippen molar-refractivity contribution in [2.45, 2.75) is 6.42 Å². The standard InChI is InChI=1S/C11H14ClNO/c1-14-11-8-10(13)6-5-9(11)4-2-3-7-12/h2,4-6,8H,3,7,13H2,1H3. The van der Waals surface area contributed by atoms with E-state index in [1.807, 2.05) is 24.3 Å². The van der Waals surface area contributed by atoms with Gasteiger partial charge in [-0.2, -0.15) is 0 Å². The van der Waals surface area contributed by atoms with Crippen LogP contribution in [0.25, 0.3) is 6.08 Å². The highest BCUT2D eigenvalue weighted by Gasteiger charge is 1.98. The highest BCUT2D eigenvalue weighted by molar-refractivity contribution is 6.17. The van der Waals surface area contributed by atoms with Crippen molar-refractivity contribution in [3.63, 3.8) is 0 Å². The molecule has 0 radical (unpaired) electrons. The van der Waals surface area contributed by atoms with Gasteiger partial charge in [-0.3, -0.25) is 0 Å². The molecule has 1 rings (SSSR count). The summed E-state index contributed by atoms with van der Waals surface area (Å²) in [6.45, 7) is 0. The third kappa shape index (κ3) is 2.96. The molecule has 1 aromatic carbocycles. The van der Waals surface area contributed by atoms with Gasteiger partial charge in [0, 0.05) is 23.2 Å². The van der Waals surface area contributed by atoms with Gasteiger partial charge in [0.2, 0.25) is 0 Å². The highest BCUT2D eigenvalue weighted by atomic mass is 35.5. The van der Waals surface area contributed by atoms with Crippen LogP contribution in [0.2, 0.25) is 0 Å². The van der Waals surface area contributed by atoms with Crippen LogP contribution in [0, 0.1) is 0 Å². The lowest BCUT2D eigenvalue weighted by molar-refractivity contribution is 0.414. The average Bonchev–Trinajstić information content (AvgIpc) is 2.20. The van der Waals surface area contributed by atoms with Crippen molar-refractivity contribution < 1.29 is 4.74 Å². The topological polar surface area (TPSA) is 35.2 Å². The van der Waals surface area contributed by atoms with Crippen molar-refractivity contribution in [2.75, 3.05) is 18.7 Å². The van der Waals surface area contributed by atoms with Crippen LogP contribution in [0.3, 0.4) is 0 Å². The van der Waals surface area contributed by atoms with Gasteiger partial charge >= 0.3 is 0 Å².